The van der Waals surface area contributed by atoms with Gasteiger partial charge in [0, 0.05) is 37.1 Å². The number of nitrogens with one attached hydrogen (secondary N) is 1. The van der Waals surface area contributed by atoms with Crippen LogP contribution in [-0.2, 0) is 11.3 Å². The van der Waals surface area contributed by atoms with Gasteiger partial charge in [0.1, 0.15) is 18.0 Å². The van der Waals surface area contributed by atoms with Gasteiger partial charge in [-0.15, -0.1) is 0 Å². The van der Waals surface area contributed by atoms with Gasteiger partial charge in [-0.2, -0.15) is 0 Å². The van der Waals surface area contributed by atoms with Gasteiger partial charge in [0.15, 0.2) is 0 Å². The summed E-state index contributed by atoms with van der Waals surface area (Å²) in [7, 11) is 0. The molecule has 168 valence electrons. The number of aromatic nitrogens is 2. The Balaban J connectivity index is 1.31. The van der Waals surface area contributed by atoms with E-state index in [0.29, 0.717) is 50.5 Å². The fraction of sp³-hybridized carbons (Fsp3) is 0.375. The number of amides is 2. The lowest BCUT2D eigenvalue weighted by atomic mass is 10.0. The molecule has 0 aliphatic carbocycles. The molecule has 32 heavy (non-hydrogen) atoms. The third kappa shape index (κ3) is 5.19. The number of fused-ring (bicyclic) bond motifs is 1. The molecule has 0 spiro atoms. The number of imidazole rings is 1. The number of pyridine rings is 1. The number of nitrogens with zero attached hydrogens (tertiary/aromatic N) is 3. The van der Waals surface area contributed by atoms with Gasteiger partial charge in [-0.1, -0.05) is 12.1 Å². The summed E-state index contributed by atoms with van der Waals surface area (Å²) in [5.74, 6) is 0.469. The van der Waals surface area contributed by atoms with Crippen molar-refractivity contribution >= 4 is 17.6 Å². The molecule has 3 aromatic rings. The molecule has 2 amide bonds. The number of hydrogen-bond acceptors (Lipinski definition) is 5. The first-order valence-corrected chi connectivity index (χ1v) is 10.9. The zero-order valence-corrected chi connectivity index (χ0v) is 18.4. The fourth-order valence-corrected chi connectivity index (χ4v) is 3.80. The van der Waals surface area contributed by atoms with Crippen LogP contribution in [-0.4, -0.2) is 52.0 Å². The predicted octanol–water partition coefficient (Wildman–Crippen LogP) is 3.57. The lowest BCUT2D eigenvalue weighted by Crippen LogP contribution is -2.46. The van der Waals surface area contributed by atoms with Crippen LogP contribution in [0.5, 0.6) is 5.75 Å². The Morgan fingerprint density at radius 2 is 1.97 bits per heavy atom. The molecule has 2 aromatic heterocycles. The number of aryl methyl sites for hydroxylation is 1. The average Bonchev–Trinajstić information content (AvgIpc) is 3.20. The van der Waals surface area contributed by atoms with Gasteiger partial charge < -0.3 is 24.1 Å². The Kier molecular flexibility index (Phi) is 6.58. The number of ether oxygens (including phenoxy) is 2. The molecule has 0 saturated carbocycles. The zero-order chi connectivity index (χ0) is 22.5. The summed E-state index contributed by atoms with van der Waals surface area (Å²) in [5.41, 5.74) is 3.39. The number of piperidine rings is 1. The van der Waals surface area contributed by atoms with Gasteiger partial charge in [-0.3, -0.25) is 4.79 Å². The Morgan fingerprint density at radius 3 is 2.75 bits per heavy atom. The van der Waals surface area contributed by atoms with Gasteiger partial charge in [0.25, 0.3) is 5.91 Å². The SMILES string of the molecule is CCOC(=O)N1CCC(NC(=O)c2cccc(OCc3cn4cc(C)ccc4n3)c2)CC1. The van der Waals surface area contributed by atoms with Crippen molar-refractivity contribution in [2.75, 3.05) is 19.7 Å². The van der Waals surface area contributed by atoms with Crippen molar-refractivity contribution in [3.63, 3.8) is 0 Å². The second-order valence-electron chi connectivity index (χ2n) is 7.95. The summed E-state index contributed by atoms with van der Waals surface area (Å²) < 4.78 is 12.9. The van der Waals surface area contributed by atoms with Crippen molar-refractivity contribution < 1.29 is 19.1 Å². The standard InChI is InChI=1S/C24H28N4O4/c1-3-31-24(30)27-11-9-19(10-12-27)26-23(29)18-5-4-6-21(13-18)32-16-20-15-28-14-17(2)7-8-22(28)25-20/h4-8,13-15,19H,3,9-12,16H2,1-2H3,(H,26,29). The van der Waals surface area contributed by atoms with Crippen LogP contribution >= 0.6 is 0 Å². The molecule has 1 aliphatic heterocycles. The molecular weight excluding hydrogens is 408 g/mol. The minimum absolute atomic E-state index is 0.0270. The molecule has 0 unspecified atom stereocenters. The normalized spacial score (nSPS) is 14.4. The van der Waals surface area contributed by atoms with E-state index in [-0.39, 0.29) is 18.0 Å². The Hall–Kier alpha value is -3.55. The van der Waals surface area contributed by atoms with Crippen molar-refractivity contribution in [2.45, 2.75) is 39.3 Å². The van der Waals surface area contributed by atoms with E-state index >= 15 is 0 Å². The summed E-state index contributed by atoms with van der Waals surface area (Å²) in [4.78, 5) is 30.8. The Labute approximate surface area is 187 Å². The van der Waals surface area contributed by atoms with E-state index < -0.39 is 0 Å². The van der Waals surface area contributed by atoms with Crippen LogP contribution in [0.3, 0.4) is 0 Å². The molecule has 1 N–H and O–H groups in total. The van der Waals surface area contributed by atoms with Crippen LogP contribution in [0.1, 0.15) is 41.4 Å². The molecule has 8 nitrogen and oxygen atoms in total. The van der Waals surface area contributed by atoms with Crippen LogP contribution in [0.25, 0.3) is 5.65 Å². The van der Waals surface area contributed by atoms with Gasteiger partial charge >= 0.3 is 6.09 Å². The topological polar surface area (TPSA) is 85.2 Å². The third-order valence-corrected chi connectivity index (χ3v) is 5.49. The molecule has 1 fully saturated rings. The highest BCUT2D eigenvalue weighted by atomic mass is 16.6. The van der Waals surface area contributed by atoms with E-state index in [9.17, 15) is 9.59 Å². The Bertz CT molecular complexity index is 1100. The molecule has 0 bridgehead atoms. The van der Waals surface area contributed by atoms with Crippen LogP contribution in [0.15, 0.2) is 48.8 Å². The molecule has 1 saturated heterocycles. The molecule has 0 atom stereocenters. The maximum absolute atomic E-state index is 12.7. The summed E-state index contributed by atoms with van der Waals surface area (Å²) in [6, 6.07) is 11.2. The van der Waals surface area contributed by atoms with E-state index in [1.165, 1.54) is 0 Å². The largest absolute Gasteiger partial charge is 0.487 e. The molecular formula is C24H28N4O4. The van der Waals surface area contributed by atoms with Crippen LogP contribution in [0.2, 0.25) is 0 Å². The number of carbonyl (C=O) groups is 2. The first kappa shape index (κ1) is 21.7. The quantitative estimate of drug-likeness (QED) is 0.639. The number of benzene rings is 1. The van der Waals surface area contributed by atoms with Crippen molar-refractivity contribution in [3.8, 4) is 5.75 Å². The molecule has 0 radical (unpaired) electrons. The summed E-state index contributed by atoms with van der Waals surface area (Å²) >= 11 is 0. The van der Waals surface area contributed by atoms with Crippen molar-refractivity contribution in [2.24, 2.45) is 0 Å². The second-order valence-corrected chi connectivity index (χ2v) is 7.95. The van der Waals surface area contributed by atoms with Gasteiger partial charge in [0.05, 0.1) is 12.3 Å². The highest BCUT2D eigenvalue weighted by molar-refractivity contribution is 5.94. The number of hydrogen-bond donors (Lipinski definition) is 1. The summed E-state index contributed by atoms with van der Waals surface area (Å²) in [5, 5.41) is 3.06. The van der Waals surface area contributed by atoms with E-state index in [1.807, 2.05) is 41.9 Å². The smallest absolute Gasteiger partial charge is 0.409 e. The third-order valence-electron chi connectivity index (χ3n) is 5.49. The Morgan fingerprint density at radius 1 is 1.16 bits per heavy atom. The first-order chi connectivity index (χ1) is 15.5. The summed E-state index contributed by atoms with van der Waals surface area (Å²) in [6.07, 6.45) is 5.08. The lowest BCUT2D eigenvalue weighted by molar-refractivity contribution is 0.0859. The van der Waals surface area contributed by atoms with Crippen molar-refractivity contribution in [3.05, 3.63) is 65.6 Å². The average molecular weight is 437 g/mol. The number of likely N-dealkylation sites (tertiary alicyclic amines) is 1. The van der Waals surface area contributed by atoms with E-state index in [1.54, 1.807) is 30.0 Å². The minimum atomic E-state index is -0.289. The van der Waals surface area contributed by atoms with Gasteiger partial charge in [0.2, 0.25) is 0 Å². The molecule has 1 aliphatic rings. The maximum atomic E-state index is 12.7. The second kappa shape index (κ2) is 9.72. The number of rotatable bonds is 6. The lowest BCUT2D eigenvalue weighted by Gasteiger charge is -2.31. The fourth-order valence-electron chi connectivity index (χ4n) is 3.80. The van der Waals surface area contributed by atoms with Crippen LogP contribution in [0, 0.1) is 6.92 Å². The number of carbonyl (C=O) groups excluding carboxylic acids is 2. The van der Waals surface area contributed by atoms with Crippen molar-refractivity contribution in [1.29, 1.82) is 0 Å². The maximum Gasteiger partial charge on any atom is 0.409 e. The molecule has 3 heterocycles. The van der Waals surface area contributed by atoms with Crippen LogP contribution < -0.4 is 10.1 Å². The van der Waals surface area contributed by atoms with E-state index in [0.717, 1.165) is 16.9 Å². The monoisotopic (exact) mass is 436 g/mol. The molecule has 8 heteroatoms. The molecule has 4 rings (SSSR count). The van der Waals surface area contributed by atoms with Crippen molar-refractivity contribution in [1.82, 2.24) is 19.6 Å². The van der Waals surface area contributed by atoms with Gasteiger partial charge in [-0.05, 0) is 56.5 Å². The first-order valence-electron chi connectivity index (χ1n) is 10.9. The highest BCUT2D eigenvalue weighted by Gasteiger charge is 2.24. The molecule has 1 aromatic carbocycles. The zero-order valence-electron chi connectivity index (χ0n) is 18.4. The summed E-state index contributed by atoms with van der Waals surface area (Å²) in [6.45, 7) is 5.66. The highest BCUT2D eigenvalue weighted by Crippen LogP contribution is 2.17. The van der Waals surface area contributed by atoms with Crippen LogP contribution in [0.4, 0.5) is 4.79 Å². The van der Waals surface area contributed by atoms with E-state index in [4.69, 9.17) is 9.47 Å². The predicted molar refractivity (Wildman–Crippen MR) is 120 cm³/mol. The minimum Gasteiger partial charge on any atom is -0.487 e. The van der Waals surface area contributed by atoms with E-state index in [2.05, 4.69) is 10.3 Å². The van der Waals surface area contributed by atoms with Gasteiger partial charge in [-0.25, -0.2) is 9.78 Å².